The molecule has 1 heterocycles. The van der Waals surface area contributed by atoms with Crippen molar-refractivity contribution < 1.29 is 0 Å². The van der Waals surface area contributed by atoms with Crippen LogP contribution in [0.1, 0.15) is 13.8 Å². The van der Waals surface area contributed by atoms with Crippen LogP contribution in [0.2, 0.25) is 0 Å². The molecule has 0 saturated carbocycles. The van der Waals surface area contributed by atoms with Gasteiger partial charge in [-0.05, 0) is 19.4 Å². The minimum Gasteiger partial charge on any atom is -0.369 e. The molecule has 0 bridgehead atoms. The Kier molecular flexibility index (Phi) is 2.06. The van der Waals surface area contributed by atoms with E-state index in [4.69, 9.17) is 0 Å². The molecule has 0 N–H and O–H groups in total. The topological polar surface area (TPSA) is 3.24 Å². The summed E-state index contributed by atoms with van der Waals surface area (Å²) in [5.41, 5.74) is 1.44. The third kappa shape index (κ3) is 1.42. The molecule has 1 aliphatic rings. The van der Waals surface area contributed by atoms with Crippen molar-refractivity contribution in [3.05, 3.63) is 10.6 Å². The molecule has 1 saturated heterocycles. The number of thioether (sulfide) groups is 1. The molecule has 1 aliphatic heterocycles. The van der Waals surface area contributed by atoms with Gasteiger partial charge in [0.2, 0.25) is 0 Å². The van der Waals surface area contributed by atoms with E-state index >= 15 is 0 Å². The molecule has 0 atom stereocenters. The van der Waals surface area contributed by atoms with Crippen LogP contribution in [0.25, 0.3) is 0 Å². The monoisotopic (exact) mass is 143 g/mol. The van der Waals surface area contributed by atoms with Crippen molar-refractivity contribution in [2.24, 2.45) is 0 Å². The Bertz CT molecular complexity index is 136. The maximum atomic E-state index is 2.32. The largest absolute Gasteiger partial charge is 0.369 e. The highest BCUT2D eigenvalue weighted by Crippen LogP contribution is 2.28. The molecule has 1 nitrogen and oxygen atoms in total. The number of hydrogen-bond acceptors (Lipinski definition) is 2. The van der Waals surface area contributed by atoms with Crippen LogP contribution in [0.5, 0.6) is 0 Å². The van der Waals surface area contributed by atoms with Crippen molar-refractivity contribution in [3.8, 4) is 0 Å². The van der Waals surface area contributed by atoms with Crippen LogP contribution in [0, 0.1) is 0 Å². The summed E-state index contributed by atoms with van der Waals surface area (Å²) in [5.74, 6) is 1.26. The molecule has 0 aromatic carbocycles. The van der Waals surface area contributed by atoms with Gasteiger partial charge in [0.05, 0.1) is 5.03 Å². The number of hydrogen-bond donors (Lipinski definition) is 0. The first-order chi connectivity index (χ1) is 4.22. The van der Waals surface area contributed by atoms with Crippen molar-refractivity contribution >= 4 is 11.8 Å². The van der Waals surface area contributed by atoms with Crippen LogP contribution in [0.15, 0.2) is 10.6 Å². The lowest BCUT2D eigenvalue weighted by Crippen LogP contribution is -2.11. The van der Waals surface area contributed by atoms with Gasteiger partial charge in [-0.15, -0.1) is 11.8 Å². The zero-order chi connectivity index (χ0) is 6.85. The maximum Gasteiger partial charge on any atom is 0.0691 e. The Morgan fingerprint density at radius 3 is 2.44 bits per heavy atom. The first kappa shape index (κ1) is 7.00. The summed E-state index contributed by atoms with van der Waals surface area (Å²) >= 11 is 1.96. The molecule has 9 heavy (non-hydrogen) atoms. The number of allylic oxidation sites excluding steroid dienone is 1. The highest BCUT2D eigenvalue weighted by molar-refractivity contribution is 8.03. The molecule has 0 aliphatic carbocycles. The average molecular weight is 143 g/mol. The Balaban J connectivity index is 2.70. The predicted molar refractivity (Wildman–Crippen MR) is 43.5 cm³/mol. The summed E-state index contributed by atoms with van der Waals surface area (Å²) in [7, 11) is 2.16. The lowest BCUT2D eigenvalue weighted by atomic mass is 10.4. The first-order valence-electron chi connectivity index (χ1n) is 3.23. The van der Waals surface area contributed by atoms with Crippen molar-refractivity contribution in [2.45, 2.75) is 13.8 Å². The molecular weight excluding hydrogens is 130 g/mol. The smallest absolute Gasteiger partial charge is 0.0691 e. The fraction of sp³-hybridized carbons (Fsp3) is 0.714. The second kappa shape index (κ2) is 2.65. The Morgan fingerprint density at radius 1 is 1.56 bits per heavy atom. The second-order valence-corrected chi connectivity index (χ2v) is 3.66. The average Bonchev–Trinajstić information content (AvgIpc) is 2.13. The highest BCUT2D eigenvalue weighted by atomic mass is 32.2. The van der Waals surface area contributed by atoms with Crippen LogP contribution >= 0.6 is 11.8 Å². The van der Waals surface area contributed by atoms with E-state index in [2.05, 4.69) is 25.8 Å². The molecule has 2 heteroatoms. The summed E-state index contributed by atoms with van der Waals surface area (Å²) in [6.45, 7) is 5.56. The van der Waals surface area contributed by atoms with Crippen LogP contribution in [0.4, 0.5) is 0 Å². The lowest BCUT2D eigenvalue weighted by Gasteiger charge is -2.12. The van der Waals surface area contributed by atoms with Gasteiger partial charge in [-0.3, -0.25) is 0 Å². The minimum absolute atomic E-state index is 1.21. The summed E-state index contributed by atoms with van der Waals surface area (Å²) in [6, 6.07) is 0. The van der Waals surface area contributed by atoms with Crippen molar-refractivity contribution in [3.63, 3.8) is 0 Å². The van der Waals surface area contributed by atoms with Gasteiger partial charge < -0.3 is 4.90 Å². The normalized spacial score (nSPS) is 19.0. The van der Waals surface area contributed by atoms with E-state index in [-0.39, 0.29) is 0 Å². The van der Waals surface area contributed by atoms with Gasteiger partial charge in [-0.2, -0.15) is 0 Å². The zero-order valence-electron chi connectivity index (χ0n) is 6.27. The van der Waals surface area contributed by atoms with E-state index < -0.39 is 0 Å². The summed E-state index contributed by atoms with van der Waals surface area (Å²) in [4.78, 5) is 2.32. The number of rotatable bonds is 0. The van der Waals surface area contributed by atoms with E-state index in [1.807, 2.05) is 11.8 Å². The number of nitrogens with zero attached hydrogens (tertiary/aromatic N) is 1. The molecule has 0 radical (unpaired) electrons. The molecule has 0 spiro atoms. The van der Waals surface area contributed by atoms with Gasteiger partial charge in [0.25, 0.3) is 0 Å². The highest BCUT2D eigenvalue weighted by Gasteiger charge is 2.13. The van der Waals surface area contributed by atoms with E-state index in [0.29, 0.717) is 0 Å². The van der Waals surface area contributed by atoms with E-state index in [1.54, 1.807) is 0 Å². The molecular formula is C7H13NS. The van der Waals surface area contributed by atoms with Gasteiger partial charge in [0, 0.05) is 19.3 Å². The first-order valence-corrected chi connectivity index (χ1v) is 4.22. The van der Waals surface area contributed by atoms with Crippen LogP contribution < -0.4 is 0 Å². The molecule has 0 aromatic heterocycles. The van der Waals surface area contributed by atoms with Gasteiger partial charge >= 0.3 is 0 Å². The van der Waals surface area contributed by atoms with Crippen molar-refractivity contribution in [2.75, 3.05) is 19.3 Å². The summed E-state index contributed by atoms with van der Waals surface area (Å²) in [6.07, 6.45) is 0. The van der Waals surface area contributed by atoms with Gasteiger partial charge in [0.1, 0.15) is 0 Å². The quantitative estimate of drug-likeness (QED) is 0.509. The molecule has 0 amide bonds. The molecule has 1 fully saturated rings. The fourth-order valence-electron chi connectivity index (χ4n) is 1.02. The third-order valence-electron chi connectivity index (χ3n) is 1.44. The Morgan fingerprint density at radius 2 is 2.22 bits per heavy atom. The van der Waals surface area contributed by atoms with E-state index in [1.165, 1.54) is 22.9 Å². The Labute approximate surface area is 61.1 Å². The maximum absolute atomic E-state index is 2.32. The van der Waals surface area contributed by atoms with E-state index in [0.717, 1.165) is 0 Å². The SMILES string of the molecule is CC(C)=C1SCCN1C. The van der Waals surface area contributed by atoms with Crippen molar-refractivity contribution in [1.29, 1.82) is 0 Å². The molecule has 1 rings (SSSR count). The lowest BCUT2D eigenvalue weighted by molar-refractivity contribution is 0.488. The minimum atomic E-state index is 1.21. The van der Waals surface area contributed by atoms with Crippen LogP contribution in [-0.2, 0) is 0 Å². The predicted octanol–water partition coefficient (Wildman–Crippen LogP) is 1.92. The molecule has 52 valence electrons. The summed E-state index contributed by atoms with van der Waals surface area (Å²) in [5, 5.41) is 1.47. The standard InChI is InChI=1S/C7H13NS/c1-6(2)7-8(3)4-5-9-7/h4-5H2,1-3H3. The van der Waals surface area contributed by atoms with Crippen molar-refractivity contribution in [1.82, 2.24) is 4.90 Å². The summed E-state index contributed by atoms with van der Waals surface area (Å²) < 4.78 is 0. The zero-order valence-corrected chi connectivity index (χ0v) is 7.09. The molecule has 0 unspecified atom stereocenters. The fourth-order valence-corrected chi connectivity index (χ4v) is 2.18. The van der Waals surface area contributed by atoms with Gasteiger partial charge in [-0.25, -0.2) is 0 Å². The molecule has 0 aromatic rings. The van der Waals surface area contributed by atoms with E-state index in [9.17, 15) is 0 Å². The van der Waals surface area contributed by atoms with Crippen LogP contribution in [0.3, 0.4) is 0 Å². The van der Waals surface area contributed by atoms with Gasteiger partial charge in [0.15, 0.2) is 0 Å². The second-order valence-electron chi connectivity index (χ2n) is 2.58. The Hall–Kier alpha value is -0.110. The van der Waals surface area contributed by atoms with Crippen LogP contribution in [-0.4, -0.2) is 24.2 Å². The third-order valence-corrected chi connectivity index (χ3v) is 2.82. The van der Waals surface area contributed by atoms with Gasteiger partial charge in [-0.1, -0.05) is 0 Å².